The van der Waals surface area contributed by atoms with Crippen molar-refractivity contribution >= 4 is 34.4 Å². The number of amides is 2. The molecule has 0 unspecified atom stereocenters. The van der Waals surface area contributed by atoms with Gasteiger partial charge >= 0.3 is 0 Å². The van der Waals surface area contributed by atoms with Gasteiger partial charge in [-0.15, -0.1) is 0 Å². The van der Waals surface area contributed by atoms with Gasteiger partial charge in [0.05, 0.1) is 7.11 Å². The Morgan fingerprint density at radius 2 is 1.77 bits per heavy atom. The highest BCUT2D eigenvalue weighted by Gasteiger charge is 2.03. The van der Waals surface area contributed by atoms with E-state index in [1.165, 1.54) is 12.1 Å². The SMILES string of the molecule is COc1ccc2cc(/C=C/C(=O)Nc3cccc(C(N)=O)c3)ccc2c1. The molecule has 0 heterocycles. The van der Waals surface area contributed by atoms with E-state index in [9.17, 15) is 9.59 Å². The van der Waals surface area contributed by atoms with E-state index >= 15 is 0 Å². The Balaban J connectivity index is 1.72. The summed E-state index contributed by atoms with van der Waals surface area (Å²) in [6, 6.07) is 18.2. The molecule has 0 radical (unpaired) electrons. The number of rotatable bonds is 5. The number of primary amides is 1. The fourth-order valence-electron chi connectivity index (χ4n) is 2.58. The second-order valence-corrected chi connectivity index (χ2v) is 5.74. The van der Waals surface area contributed by atoms with E-state index in [0.717, 1.165) is 22.1 Å². The van der Waals surface area contributed by atoms with Crippen LogP contribution in [0, 0.1) is 0 Å². The van der Waals surface area contributed by atoms with E-state index in [1.807, 2.05) is 36.4 Å². The topological polar surface area (TPSA) is 81.4 Å². The number of anilines is 1. The lowest BCUT2D eigenvalue weighted by Crippen LogP contribution is -2.12. The molecular weight excluding hydrogens is 328 g/mol. The summed E-state index contributed by atoms with van der Waals surface area (Å²) in [5.41, 5.74) is 7.00. The Bertz CT molecular complexity index is 1010. The number of carbonyl (C=O) groups excluding carboxylic acids is 2. The van der Waals surface area contributed by atoms with E-state index < -0.39 is 5.91 Å². The molecule has 0 aliphatic rings. The molecule has 0 fully saturated rings. The molecule has 0 saturated heterocycles. The Morgan fingerprint density at radius 1 is 1.00 bits per heavy atom. The van der Waals surface area contributed by atoms with Crippen molar-refractivity contribution in [3.05, 3.63) is 77.9 Å². The number of carbonyl (C=O) groups is 2. The van der Waals surface area contributed by atoms with Crippen LogP contribution in [0.3, 0.4) is 0 Å². The molecule has 0 aliphatic carbocycles. The monoisotopic (exact) mass is 346 g/mol. The summed E-state index contributed by atoms with van der Waals surface area (Å²) in [5, 5.41) is 4.83. The number of ether oxygens (including phenoxy) is 1. The molecule has 0 aromatic heterocycles. The molecule has 2 amide bonds. The van der Waals surface area contributed by atoms with Crippen LogP contribution in [-0.2, 0) is 4.79 Å². The molecule has 0 aliphatic heterocycles. The van der Waals surface area contributed by atoms with Crippen LogP contribution in [0.5, 0.6) is 5.75 Å². The summed E-state index contributed by atoms with van der Waals surface area (Å²) in [7, 11) is 1.63. The Morgan fingerprint density at radius 3 is 2.54 bits per heavy atom. The first-order valence-electron chi connectivity index (χ1n) is 8.02. The quantitative estimate of drug-likeness (QED) is 0.693. The molecule has 0 saturated carbocycles. The highest BCUT2D eigenvalue weighted by Crippen LogP contribution is 2.22. The zero-order valence-electron chi connectivity index (χ0n) is 14.2. The number of fused-ring (bicyclic) bond motifs is 1. The Labute approximate surface area is 151 Å². The van der Waals surface area contributed by atoms with Crippen LogP contribution in [0.25, 0.3) is 16.8 Å². The van der Waals surface area contributed by atoms with Crippen molar-refractivity contribution in [3.63, 3.8) is 0 Å². The van der Waals surface area contributed by atoms with Gasteiger partial charge in [0.15, 0.2) is 0 Å². The first-order valence-corrected chi connectivity index (χ1v) is 8.02. The number of benzene rings is 3. The van der Waals surface area contributed by atoms with Crippen LogP contribution >= 0.6 is 0 Å². The van der Waals surface area contributed by atoms with E-state index in [4.69, 9.17) is 10.5 Å². The summed E-state index contributed by atoms with van der Waals surface area (Å²) in [6.45, 7) is 0. The minimum absolute atomic E-state index is 0.290. The summed E-state index contributed by atoms with van der Waals surface area (Å²) >= 11 is 0. The maximum Gasteiger partial charge on any atom is 0.248 e. The third-order valence-corrected chi connectivity index (χ3v) is 3.91. The molecule has 0 atom stereocenters. The molecule has 26 heavy (non-hydrogen) atoms. The Hall–Kier alpha value is -3.60. The summed E-state index contributed by atoms with van der Waals surface area (Å²) < 4.78 is 5.22. The number of methoxy groups -OCH3 is 1. The molecular formula is C21H18N2O3. The van der Waals surface area contributed by atoms with E-state index in [0.29, 0.717) is 11.3 Å². The largest absolute Gasteiger partial charge is 0.497 e. The maximum atomic E-state index is 12.1. The average molecular weight is 346 g/mol. The molecule has 3 aromatic carbocycles. The third kappa shape index (κ3) is 4.08. The third-order valence-electron chi connectivity index (χ3n) is 3.91. The van der Waals surface area contributed by atoms with Crippen molar-refractivity contribution in [3.8, 4) is 5.75 Å². The van der Waals surface area contributed by atoms with Crippen LogP contribution in [0.15, 0.2) is 66.7 Å². The molecule has 3 rings (SSSR count). The number of nitrogens with one attached hydrogen (secondary N) is 1. The van der Waals surface area contributed by atoms with Gasteiger partial charge in [-0.3, -0.25) is 9.59 Å². The van der Waals surface area contributed by atoms with Crippen LogP contribution in [0.1, 0.15) is 15.9 Å². The fraction of sp³-hybridized carbons (Fsp3) is 0.0476. The second-order valence-electron chi connectivity index (χ2n) is 5.74. The number of hydrogen-bond donors (Lipinski definition) is 2. The summed E-state index contributed by atoms with van der Waals surface area (Å²) in [6.07, 6.45) is 3.18. The van der Waals surface area contributed by atoms with Crippen molar-refractivity contribution in [2.75, 3.05) is 12.4 Å². The highest BCUT2D eigenvalue weighted by atomic mass is 16.5. The molecule has 3 aromatic rings. The smallest absolute Gasteiger partial charge is 0.248 e. The van der Waals surface area contributed by atoms with Gasteiger partial charge in [0.2, 0.25) is 11.8 Å². The van der Waals surface area contributed by atoms with Gasteiger partial charge < -0.3 is 15.8 Å². The minimum Gasteiger partial charge on any atom is -0.497 e. The van der Waals surface area contributed by atoms with Gasteiger partial charge in [-0.25, -0.2) is 0 Å². The van der Waals surface area contributed by atoms with Gasteiger partial charge in [-0.05, 0) is 58.8 Å². The van der Waals surface area contributed by atoms with Gasteiger partial charge in [0.25, 0.3) is 0 Å². The van der Waals surface area contributed by atoms with Crippen LogP contribution in [-0.4, -0.2) is 18.9 Å². The minimum atomic E-state index is -0.538. The van der Waals surface area contributed by atoms with Crippen molar-refractivity contribution in [1.82, 2.24) is 0 Å². The van der Waals surface area contributed by atoms with Crippen molar-refractivity contribution in [2.24, 2.45) is 5.73 Å². The predicted octanol–water partition coefficient (Wildman–Crippen LogP) is 3.60. The van der Waals surface area contributed by atoms with Crippen LogP contribution < -0.4 is 15.8 Å². The molecule has 0 spiro atoms. The predicted molar refractivity (Wildman–Crippen MR) is 103 cm³/mol. The van der Waals surface area contributed by atoms with E-state index in [1.54, 1.807) is 31.4 Å². The molecule has 5 nitrogen and oxygen atoms in total. The van der Waals surface area contributed by atoms with Gasteiger partial charge in [-0.2, -0.15) is 0 Å². The fourth-order valence-corrected chi connectivity index (χ4v) is 2.58. The van der Waals surface area contributed by atoms with Crippen LogP contribution in [0.2, 0.25) is 0 Å². The number of hydrogen-bond acceptors (Lipinski definition) is 3. The average Bonchev–Trinajstić information content (AvgIpc) is 2.66. The lowest BCUT2D eigenvalue weighted by Gasteiger charge is -2.04. The van der Waals surface area contributed by atoms with Crippen molar-refractivity contribution in [1.29, 1.82) is 0 Å². The van der Waals surface area contributed by atoms with Crippen molar-refractivity contribution in [2.45, 2.75) is 0 Å². The summed E-state index contributed by atoms with van der Waals surface area (Å²) in [4.78, 5) is 23.3. The lowest BCUT2D eigenvalue weighted by atomic mass is 10.1. The Kier molecular flexibility index (Phi) is 4.99. The number of nitrogens with two attached hydrogens (primary N) is 1. The zero-order chi connectivity index (χ0) is 18.5. The maximum absolute atomic E-state index is 12.1. The van der Waals surface area contributed by atoms with E-state index in [-0.39, 0.29) is 5.91 Å². The normalized spacial score (nSPS) is 10.8. The van der Waals surface area contributed by atoms with Crippen molar-refractivity contribution < 1.29 is 14.3 Å². The molecule has 0 bridgehead atoms. The molecule has 3 N–H and O–H groups in total. The van der Waals surface area contributed by atoms with Gasteiger partial charge in [0.1, 0.15) is 5.75 Å². The van der Waals surface area contributed by atoms with Gasteiger partial charge in [0, 0.05) is 17.3 Å². The van der Waals surface area contributed by atoms with Crippen LogP contribution in [0.4, 0.5) is 5.69 Å². The highest BCUT2D eigenvalue weighted by molar-refractivity contribution is 6.03. The summed E-state index contributed by atoms with van der Waals surface area (Å²) in [5.74, 6) is -0.0238. The second kappa shape index (κ2) is 7.53. The lowest BCUT2D eigenvalue weighted by molar-refractivity contribution is -0.111. The zero-order valence-corrected chi connectivity index (χ0v) is 14.2. The standard InChI is InChI=1S/C21H18N2O3/c1-26-19-9-8-15-11-14(5-7-16(15)13-19)6-10-20(24)23-18-4-2-3-17(12-18)21(22)25/h2-13H,1H3,(H2,22,25)(H,23,24)/b10-6+. The molecule has 5 heteroatoms. The molecule has 130 valence electrons. The van der Waals surface area contributed by atoms with Gasteiger partial charge in [-0.1, -0.05) is 24.3 Å². The first kappa shape index (κ1) is 17.2. The first-order chi connectivity index (χ1) is 12.5. The van der Waals surface area contributed by atoms with E-state index in [2.05, 4.69) is 5.32 Å².